The van der Waals surface area contributed by atoms with Crippen LogP contribution in [0.15, 0.2) is 17.0 Å². The van der Waals surface area contributed by atoms with Gasteiger partial charge in [0.25, 0.3) is 0 Å². The summed E-state index contributed by atoms with van der Waals surface area (Å²) in [6.07, 6.45) is 3.11. The van der Waals surface area contributed by atoms with Crippen molar-refractivity contribution < 1.29 is 22.0 Å². The van der Waals surface area contributed by atoms with E-state index in [-0.39, 0.29) is 29.9 Å². The van der Waals surface area contributed by atoms with Crippen molar-refractivity contribution >= 4 is 32.4 Å². The minimum Gasteiger partial charge on any atom is -0.347 e. The lowest BCUT2D eigenvalue weighted by Gasteiger charge is -2.36. The van der Waals surface area contributed by atoms with Crippen molar-refractivity contribution in [3.05, 3.63) is 35.2 Å². The average molecular weight is 499 g/mol. The van der Waals surface area contributed by atoms with Crippen molar-refractivity contribution in [3.8, 4) is 0 Å². The first kappa shape index (κ1) is 24.0. The maximum absolute atomic E-state index is 14.5. The molecular weight excluding hydrogens is 470 g/mol. The normalized spacial score (nSPS) is 20.3. The molecule has 3 heterocycles. The molecule has 1 aromatic carbocycles. The maximum atomic E-state index is 14.5. The number of amides is 1. The third-order valence-corrected chi connectivity index (χ3v) is 8.34. The van der Waals surface area contributed by atoms with Gasteiger partial charge < -0.3 is 9.80 Å². The smallest absolute Gasteiger partial charge is 0.226 e. The molecule has 2 aliphatic heterocycles. The maximum Gasteiger partial charge on any atom is 0.226 e. The number of carbonyl (C=O) groups is 1. The van der Waals surface area contributed by atoms with Gasteiger partial charge in [-0.05, 0) is 43.4 Å². The lowest BCUT2D eigenvalue weighted by molar-refractivity contribution is -0.133. The highest BCUT2D eigenvalue weighted by Gasteiger charge is 2.38. The molecule has 11 heteroatoms. The minimum atomic E-state index is -3.86. The van der Waals surface area contributed by atoms with Crippen LogP contribution in [0.2, 0.25) is 0 Å². The lowest BCUT2D eigenvalue weighted by Crippen LogP contribution is -2.46. The quantitative estimate of drug-likeness (QED) is 0.607. The molecule has 4 rings (SSSR count). The van der Waals surface area contributed by atoms with Gasteiger partial charge in [-0.1, -0.05) is 13.8 Å². The van der Waals surface area contributed by atoms with Gasteiger partial charge in [0.1, 0.15) is 22.4 Å². The van der Waals surface area contributed by atoms with E-state index in [0.717, 1.165) is 49.2 Å². The summed E-state index contributed by atoms with van der Waals surface area (Å²) in [5.41, 5.74) is 0.0344. The summed E-state index contributed by atoms with van der Waals surface area (Å²) in [6, 6.07) is 1.74. The molecule has 0 bridgehead atoms. The van der Waals surface area contributed by atoms with Crippen molar-refractivity contribution in [1.29, 1.82) is 0 Å². The van der Waals surface area contributed by atoms with Crippen LogP contribution in [0, 0.1) is 17.6 Å². The van der Waals surface area contributed by atoms with Crippen molar-refractivity contribution in [3.63, 3.8) is 0 Å². The molecule has 2 saturated heterocycles. The van der Waals surface area contributed by atoms with Crippen molar-refractivity contribution in [2.24, 2.45) is 5.92 Å². The molecule has 2 aliphatic rings. The molecule has 1 amide bonds. The van der Waals surface area contributed by atoms with Crippen LogP contribution in [0.1, 0.15) is 50.4 Å². The number of hydrogen-bond donors (Lipinski definition) is 0. The van der Waals surface area contributed by atoms with E-state index >= 15 is 0 Å². The lowest BCUT2D eigenvalue weighted by atomic mass is 9.97. The Balaban J connectivity index is 1.37. The van der Waals surface area contributed by atoms with E-state index in [1.807, 2.05) is 4.90 Å². The number of likely N-dealkylation sites (tertiary alicyclic amines) is 1. The highest BCUT2D eigenvalue weighted by molar-refractivity contribution is 7.90. The highest BCUT2D eigenvalue weighted by Crippen LogP contribution is 2.31. The third-order valence-electron chi connectivity index (χ3n) is 6.44. The summed E-state index contributed by atoms with van der Waals surface area (Å²) >= 11 is 1.41. The number of benzene rings is 1. The molecule has 180 valence electrons. The van der Waals surface area contributed by atoms with Crippen LogP contribution in [-0.4, -0.2) is 60.5 Å². The van der Waals surface area contributed by atoms with Gasteiger partial charge in [-0.2, -0.15) is 4.37 Å². The zero-order chi connectivity index (χ0) is 23.9. The largest absolute Gasteiger partial charge is 0.347 e. The molecule has 2 fully saturated rings. The van der Waals surface area contributed by atoms with Crippen LogP contribution in [0.4, 0.5) is 13.9 Å². The number of carbonyl (C=O) groups excluding carboxylic acids is 1. The second-order valence-corrected chi connectivity index (χ2v) is 11.9. The molecule has 0 aliphatic carbocycles. The van der Waals surface area contributed by atoms with Crippen LogP contribution in [0.3, 0.4) is 0 Å². The van der Waals surface area contributed by atoms with E-state index < -0.39 is 32.3 Å². The summed E-state index contributed by atoms with van der Waals surface area (Å²) < 4.78 is 56.3. The molecule has 7 nitrogen and oxygen atoms in total. The van der Waals surface area contributed by atoms with E-state index in [4.69, 9.17) is 0 Å². The second kappa shape index (κ2) is 9.25. The Morgan fingerprint density at radius 3 is 2.42 bits per heavy atom. The molecular formula is C22H28F2N4O3S2. The van der Waals surface area contributed by atoms with Crippen LogP contribution in [0.25, 0.3) is 0 Å². The zero-order valence-corrected chi connectivity index (χ0v) is 20.6. The van der Waals surface area contributed by atoms with Crippen molar-refractivity contribution in [2.75, 3.05) is 30.8 Å². The number of halogens is 2. The number of rotatable bonds is 6. The Morgan fingerprint density at radius 2 is 1.82 bits per heavy atom. The molecule has 2 aromatic rings. The summed E-state index contributed by atoms with van der Waals surface area (Å²) in [5, 5.41) is 0.915. The molecule has 1 atom stereocenters. The second-order valence-electron chi connectivity index (χ2n) is 9.18. The van der Waals surface area contributed by atoms with Gasteiger partial charge in [0.05, 0.1) is 0 Å². The number of piperidine rings is 1. The summed E-state index contributed by atoms with van der Waals surface area (Å²) in [6.45, 7) is 6.30. The van der Waals surface area contributed by atoms with Crippen LogP contribution in [0.5, 0.6) is 0 Å². The average Bonchev–Trinajstić information content (AvgIpc) is 3.38. The molecule has 0 radical (unpaired) electrons. The Kier molecular flexibility index (Phi) is 6.73. The Morgan fingerprint density at radius 1 is 1.12 bits per heavy atom. The molecule has 0 N–H and O–H groups in total. The van der Waals surface area contributed by atoms with Gasteiger partial charge in [0.15, 0.2) is 9.84 Å². The molecule has 0 saturated carbocycles. The predicted molar refractivity (Wildman–Crippen MR) is 122 cm³/mol. The molecule has 33 heavy (non-hydrogen) atoms. The van der Waals surface area contributed by atoms with E-state index in [2.05, 4.69) is 28.1 Å². The van der Waals surface area contributed by atoms with E-state index in [1.165, 1.54) is 11.5 Å². The van der Waals surface area contributed by atoms with Gasteiger partial charge >= 0.3 is 0 Å². The number of nitrogens with zero attached hydrogens (tertiary/aromatic N) is 4. The fourth-order valence-corrected chi connectivity index (χ4v) is 6.14. The van der Waals surface area contributed by atoms with Gasteiger partial charge in [0, 0.05) is 55.3 Å². The topological polar surface area (TPSA) is 83.5 Å². The fourth-order valence-electron chi connectivity index (χ4n) is 4.55. The van der Waals surface area contributed by atoms with E-state index in [1.54, 1.807) is 0 Å². The summed E-state index contributed by atoms with van der Waals surface area (Å²) in [7, 11) is -3.86. The predicted octanol–water partition coefficient (Wildman–Crippen LogP) is 3.40. The highest BCUT2D eigenvalue weighted by atomic mass is 32.2. The first-order chi connectivity index (χ1) is 15.5. The van der Waals surface area contributed by atoms with Gasteiger partial charge in [-0.15, -0.1) is 0 Å². The molecule has 0 spiro atoms. The van der Waals surface area contributed by atoms with Crippen LogP contribution in [-0.2, 0) is 21.1 Å². The molecule has 1 aromatic heterocycles. The SMILES string of the molecule is CC(C)c1nsc(N2CCC(N3CC[C@H](Cc4cc(F)c(S(C)(=O)=O)cc4F)C3=O)CC2)n1. The number of hydrogen-bond acceptors (Lipinski definition) is 7. The first-order valence-electron chi connectivity index (χ1n) is 11.1. The Labute approximate surface area is 196 Å². The van der Waals surface area contributed by atoms with Crippen LogP contribution >= 0.6 is 11.5 Å². The van der Waals surface area contributed by atoms with Crippen LogP contribution < -0.4 is 4.90 Å². The van der Waals surface area contributed by atoms with Gasteiger partial charge in [0.2, 0.25) is 11.0 Å². The summed E-state index contributed by atoms with van der Waals surface area (Å²) in [5.74, 6) is -1.12. The Bertz CT molecular complexity index is 1140. The van der Waals surface area contributed by atoms with Crippen molar-refractivity contribution in [1.82, 2.24) is 14.3 Å². The molecule has 0 unspecified atom stereocenters. The van der Waals surface area contributed by atoms with Gasteiger partial charge in [-0.25, -0.2) is 22.2 Å². The number of aromatic nitrogens is 2. The monoisotopic (exact) mass is 498 g/mol. The van der Waals surface area contributed by atoms with Crippen molar-refractivity contribution in [2.45, 2.75) is 56.4 Å². The fraction of sp³-hybridized carbons (Fsp3) is 0.591. The zero-order valence-electron chi connectivity index (χ0n) is 18.9. The first-order valence-corrected chi connectivity index (χ1v) is 13.8. The van der Waals surface area contributed by atoms with E-state index in [0.29, 0.717) is 19.0 Å². The number of anilines is 1. The third kappa shape index (κ3) is 5.03. The van der Waals surface area contributed by atoms with Gasteiger partial charge in [-0.3, -0.25) is 4.79 Å². The minimum absolute atomic E-state index is 0.0344. The summed E-state index contributed by atoms with van der Waals surface area (Å²) in [4.78, 5) is 21.1. The van der Waals surface area contributed by atoms with E-state index in [9.17, 15) is 22.0 Å². The Hall–Kier alpha value is -2.14. The standard InChI is InChI=1S/C22H28F2N4O3S2/c1-13(2)20-25-22(32-26-20)27-7-5-16(6-8-27)28-9-4-14(21(28)29)10-15-11-18(24)19(12-17(15)23)33(3,30)31/h11-14,16H,4-10H2,1-3H3/t14-/m1/s1. The number of sulfone groups is 1.